The van der Waals surface area contributed by atoms with Gasteiger partial charge in [0.1, 0.15) is 0 Å². The van der Waals surface area contributed by atoms with Crippen molar-refractivity contribution in [2.24, 2.45) is 10.8 Å². The van der Waals surface area contributed by atoms with Crippen molar-refractivity contribution in [3.05, 3.63) is 12.3 Å². The van der Waals surface area contributed by atoms with Crippen molar-refractivity contribution < 1.29 is 0 Å². The number of hydrogen-bond donors (Lipinski definition) is 1. The van der Waals surface area contributed by atoms with E-state index in [-0.39, 0.29) is 0 Å². The quantitative estimate of drug-likeness (QED) is 0.564. The van der Waals surface area contributed by atoms with Crippen LogP contribution in [0.3, 0.4) is 0 Å². The van der Waals surface area contributed by atoms with E-state index in [0.717, 1.165) is 6.54 Å². The minimum Gasteiger partial charge on any atom is -0.391 e. The van der Waals surface area contributed by atoms with E-state index in [4.69, 9.17) is 0 Å². The lowest BCUT2D eigenvalue weighted by atomic mass is 9.65. The molecule has 1 atom stereocenters. The molecule has 0 aliphatic carbocycles. The highest BCUT2D eigenvalue weighted by Crippen LogP contribution is 2.43. The average molecular weight is 153 g/mol. The monoisotopic (exact) mass is 153 g/mol. The molecule has 1 aliphatic heterocycles. The second-order valence-corrected chi connectivity index (χ2v) is 4.70. The molecule has 1 heterocycles. The number of hydrogen-bond acceptors (Lipinski definition) is 1. The summed E-state index contributed by atoms with van der Waals surface area (Å²) < 4.78 is 0. The van der Waals surface area contributed by atoms with Gasteiger partial charge >= 0.3 is 0 Å². The molecule has 1 N–H and O–H groups in total. The van der Waals surface area contributed by atoms with E-state index >= 15 is 0 Å². The fourth-order valence-electron chi connectivity index (χ4n) is 1.37. The first-order chi connectivity index (χ1) is 4.96. The van der Waals surface area contributed by atoms with Crippen molar-refractivity contribution in [2.75, 3.05) is 6.54 Å². The van der Waals surface area contributed by atoms with Gasteiger partial charge in [0, 0.05) is 6.54 Å². The second-order valence-electron chi connectivity index (χ2n) is 4.70. The van der Waals surface area contributed by atoms with Gasteiger partial charge < -0.3 is 5.32 Å². The normalized spacial score (nSPS) is 31.6. The van der Waals surface area contributed by atoms with Gasteiger partial charge in [-0.25, -0.2) is 0 Å². The Morgan fingerprint density at radius 1 is 1.36 bits per heavy atom. The minimum atomic E-state index is 0.373. The first-order valence-corrected chi connectivity index (χ1v) is 4.37. The van der Waals surface area contributed by atoms with Crippen molar-refractivity contribution in [1.82, 2.24) is 5.32 Å². The standard InChI is InChI=1S/C10H19N/c1-9(2,3)10(4)5-7-11-8-6-10/h5,7,11H,6,8H2,1-4H3. The summed E-state index contributed by atoms with van der Waals surface area (Å²) in [7, 11) is 0. The van der Waals surface area contributed by atoms with Gasteiger partial charge in [0.05, 0.1) is 0 Å². The van der Waals surface area contributed by atoms with Crippen molar-refractivity contribution in [1.29, 1.82) is 0 Å². The largest absolute Gasteiger partial charge is 0.391 e. The summed E-state index contributed by atoms with van der Waals surface area (Å²) in [6, 6.07) is 0. The van der Waals surface area contributed by atoms with Crippen LogP contribution >= 0.6 is 0 Å². The highest BCUT2D eigenvalue weighted by Gasteiger charge is 2.35. The van der Waals surface area contributed by atoms with Gasteiger partial charge in [-0.2, -0.15) is 0 Å². The maximum absolute atomic E-state index is 3.23. The SMILES string of the molecule is CC(C)(C)C1(C)C=CNCC1. The highest BCUT2D eigenvalue weighted by atomic mass is 14.8. The molecule has 1 rings (SSSR count). The lowest BCUT2D eigenvalue weighted by Crippen LogP contribution is -2.36. The molecule has 0 fully saturated rings. The Labute approximate surface area is 69.9 Å². The van der Waals surface area contributed by atoms with E-state index in [9.17, 15) is 0 Å². The molecule has 1 aliphatic rings. The second kappa shape index (κ2) is 2.54. The van der Waals surface area contributed by atoms with Crippen LogP contribution in [-0.2, 0) is 0 Å². The third-order valence-electron chi connectivity index (χ3n) is 3.07. The smallest absolute Gasteiger partial charge is 0.0149 e. The summed E-state index contributed by atoms with van der Waals surface area (Å²) in [5, 5.41) is 3.23. The molecule has 0 saturated carbocycles. The van der Waals surface area contributed by atoms with Gasteiger partial charge in [0.25, 0.3) is 0 Å². The molecule has 0 aromatic rings. The number of allylic oxidation sites excluding steroid dienone is 1. The summed E-state index contributed by atoms with van der Waals surface area (Å²) in [6.07, 6.45) is 5.64. The molecule has 1 heteroatoms. The molecular weight excluding hydrogens is 134 g/mol. The Morgan fingerprint density at radius 2 is 2.00 bits per heavy atom. The number of nitrogens with one attached hydrogen (secondary N) is 1. The van der Waals surface area contributed by atoms with Crippen LogP contribution < -0.4 is 5.32 Å². The van der Waals surface area contributed by atoms with Gasteiger partial charge in [-0.1, -0.05) is 33.8 Å². The Kier molecular flexibility index (Phi) is 2.00. The Hall–Kier alpha value is -0.460. The average Bonchev–Trinajstić information content (AvgIpc) is 1.87. The molecule has 1 unspecified atom stereocenters. The van der Waals surface area contributed by atoms with Crippen LogP contribution in [0.4, 0.5) is 0 Å². The van der Waals surface area contributed by atoms with Gasteiger partial charge in [-0.3, -0.25) is 0 Å². The first-order valence-electron chi connectivity index (χ1n) is 4.37. The fourth-order valence-corrected chi connectivity index (χ4v) is 1.37. The molecule has 0 bridgehead atoms. The predicted octanol–water partition coefficient (Wildman–Crippen LogP) is 2.55. The van der Waals surface area contributed by atoms with E-state index < -0.39 is 0 Å². The zero-order valence-electron chi connectivity index (χ0n) is 8.07. The first kappa shape index (κ1) is 8.63. The van der Waals surface area contributed by atoms with E-state index in [1.807, 2.05) is 0 Å². The van der Waals surface area contributed by atoms with Gasteiger partial charge in [0.2, 0.25) is 0 Å². The topological polar surface area (TPSA) is 12.0 Å². The fraction of sp³-hybridized carbons (Fsp3) is 0.800. The maximum Gasteiger partial charge on any atom is 0.0149 e. The molecule has 1 nitrogen and oxygen atoms in total. The summed E-state index contributed by atoms with van der Waals surface area (Å²) in [5.41, 5.74) is 0.754. The van der Waals surface area contributed by atoms with Crippen molar-refractivity contribution in [2.45, 2.75) is 34.1 Å². The minimum absolute atomic E-state index is 0.373. The number of rotatable bonds is 0. The Morgan fingerprint density at radius 3 is 2.27 bits per heavy atom. The van der Waals surface area contributed by atoms with Crippen molar-refractivity contribution >= 4 is 0 Å². The molecule has 64 valence electrons. The predicted molar refractivity (Wildman–Crippen MR) is 49.3 cm³/mol. The van der Waals surface area contributed by atoms with Gasteiger partial charge in [-0.15, -0.1) is 0 Å². The van der Waals surface area contributed by atoms with Crippen molar-refractivity contribution in [3.8, 4) is 0 Å². The zero-order valence-corrected chi connectivity index (χ0v) is 8.07. The molecule has 0 spiro atoms. The van der Waals surface area contributed by atoms with Crippen LogP contribution in [0.15, 0.2) is 12.3 Å². The molecule has 0 aromatic carbocycles. The van der Waals surface area contributed by atoms with Crippen LogP contribution in [-0.4, -0.2) is 6.54 Å². The Balaban J connectivity index is 2.80. The third-order valence-corrected chi connectivity index (χ3v) is 3.07. The lowest BCUT2D eigenvalue weighted by Gasteiger charge is -2.41. The molecule has 0 amide bonds. The highest BCUT2D eigenvalue weighted by molar-refractivity contribution is 5.05. The van der Waals surface area contributed by atoms with Crippen LogP contribution in [0, 0.1) is 10.8 Å². The van der Waals surface area contributed by atoms with Crippen LogP contribution in [0.2, 0.25) is 0 Å². The Bertz CT molecular complexity index is 164. The lowest BCUT2D eigenvalue weighted by molar-refractivity contribution is 0.149. The molecule has 0 radical (unpaired) electrons. The molecule has 0 aromatic heterocycles. The van der Waals surface area contributed by atoms with Crippen molar-refractivity contribution in [3.63, 3.8) is 0 Å². The van der Waals surface area contributed by atoms with Crippen LogP contribution in [0.1, 0.15) is 34.1 Å². The van der Waals surface area contributed by atoms with Gasteiger partial charge in [0.15, 0.2) is 0 Å². The van der Waals surface area contributed by atoms with E-state index in [0.29, 0.717) is 10.8 Å². The van der Waals surface area contributed by atoms with Gasteiger partial charge in [-0.05, 0) is 23.5 Å². The molecule has 11 heavy (non-hydrogen) atoms. The summed E-state index contributed by atoms with van der Waals surface area (Å²) >= 11 is 0. The summed E-state index contributed by atoms with van der Waals surface area (Å²) in [6.45, 7) is 10.4. The van der Waals surface area contributed by atoms with E-state index in [1.165, 1.54) is 6.42 Å². The summed E-state index contributed by atoms with van der Waals surface area (Å²) in [4.78, 5) is 0. The van der Waals surface area contributed by atoms with Crippen LogP contribution in [0.25, 0.3) is 0 Å². The van der Waals surface area contributed by atoms with E-state index in [1.54, 1.807) is 0 Å². The third kappa shape index (κ3) is 1.58. The van der Waals surface area contributed by atoms with E-state index in [2.05, 4.69) is 45.3 Å². The zero-order chi connectivity index (χ0) is 8.54. The van der Waals surface area contributed by atoms with Crippen LogP contribution in [0.5, 0.6) is 0 Å². The molecule has 0 saturated heterocycles. The maximum atomic E-state index is 3.23. The molecular formula is C10H19N. The summed E-state index contributed by atoms with van der Waals surface area (Å²) in [5.74, 6) is 0.